The van der Waals surface area contributed by atoms with Crippen LogP contribution in [-0.2, 0) is 18.4 Å². The summed E-state index contributed by atoms with van der Waals surface area (Å²) in [6.07, 6.45) is 2.19. The van der Waals surface area contributed by atoms with Gasteiger partial charge in [0.25, 0.3) is 5.91 Å². The summed E-state index contributed by atoms with van der Waals surface area (Å²) < 4.78 is 15.6. The molecular weight excluding hydrogens is 279 g/mol. The summed E-state index contributed by atoms with van der Waals surface area (Å²) in [5.41, 5.74) is 3.15. The quantitative estimate of drug-likeness (QED) is 0.663. The van der Waals surface area contributed by atoms with E-state index in [0.717, 1.165) is 22.5 Å². The predicted octanol–water partition coefficient (Wildman–Crippen LogP) is 3.70. The highest BCUT2D eigenvalue weighted by molar-refractivity contribution is 5.97. The SMILES string of the molecule is C=C/C(F)=C(\C=C)C(=O)NCc1ccc2c(c1)cc(C)n2C. The molecule has 0 fully saturated rings. The topological polar surface area (TPSA) is 34.0 Å². The van der Waals surface area contributed by atoms with Crippen molar-refractivity contribution in [1.29, 1.82) is 0 Å². The van der Waals surface area contributed by atoms with E-state index in [2.05, 4.69) is 29.1 Å². The number of fused-ring (bicyclic) bond motifs is 1. The molecule has 0 aliphatic carbocycles. The summed E-state index contributed by atoms with van der Waals surface area (Å²) in [7, 11) is 2.01. The van der Waals surface area contributed by atoms with Crippen LogP contribution < -0.4 is 5.32 Å². The lowest BCUT2D eigenvalue weighted by Crippen LogP contribution is -2.24. The van der Waals surface area contributed by atoms with E-state index < -0.39 is 11.7 Å². The smallest absolute Gasteiger partial charge is 0.254 e. The van der Waals surface area contributed by atoms with Crippen molar-refractivity contribution < 1.29 is 9.18 Å². The number of aryl methyl sites for hydroxylation is 2. The van der Waals surface area contributed by atoms with E-state index in [0.29, 0.717) is 6.54 Å². The first-order valence-corrected chi connectivity index (χ1v) is 6.95. The van der Waals surface area contributed by atoms with Crippen molar-refractivity contribution in [3.05, 3.63) is 72.2 Å². The molecule has 0 saturated carbocycles. The normalized spacial score (nSPS) is 12.0. The fourth-order valence-electron chi connectivity index (χ4n) is 2.33. The number of halogens is 1. The molecule has 114 valence electrons. The van der Waals surface area contributed by atoms with Gasteiger partial charge in [0.15, 0.2) is 0 Å². The lowest BCUT2D eigenvalue weighted by atomic mass is 10.1. The number of carbonyl (C=O) groups is 1. The molecular formula is C18H19FN2O. The molecule has 1 aromatic heterocycles. The Morgan fingerprint density at radius 2 is 2.05 bits per heavy atom. The van der Waals surface area contributed by atoms with E-state index in [1.54, 1.807) is 0 Å². The molecule has 1 amide bonds. The van der Waals surface area contributed by atoms with E-state index in [1.165, 1.54) is 11.8 Å². The molecule has 22 heavy (non-hydrogen) atoms. The molecule has 1 N–H and O–H groups in total. The molecule has 0 unspecified atom stereocenters. The summed E-state index contributed by atoms with van der Waals surface area (Å²) in [5, 5.41) is 3.80. The van der Waals surface area contributed by atoms with Crippen molar-refractivity contribution in [2.45, 2.75) is 13.5 Å². The first-order valence-electron chi connectivity index (χ1n) is 6.95. The van der Waals surface area contributed by atoms with Crippen LogP contribution in [0.3, 0.4) is 0 Å². The number of amides is 1. The zero-order chi connectivity index (χ0) is 16.3. The fraction of sp³-hybridized carbons (Fsp3) is 0.167. The van der Waals surface area contributed by atoms with Gasteiger partial charge in [-0.15, -0.1) is 0 Å². The first kappa shape index (κ1) is 15.8. The number of nitrogens with one attached hydrogen (secondary N) is 1. The number of benzene rings is 1. The molecule has 0 bridgehead atoms. The molecule has 1 aromatic carbocycles. The van der Waals surface area contributed by atoms with Crippen LogP contribution in [0.2, 0.25) is 0 Å². The highest BCUT2D eigenvalue weighted by Crippen LogP contribution is 2.20. The van der Waals surface area contributed by atoms with Gasteiger partial charge in [-0.2, -0.15) is 0 Å². The Kier molecular flexibility index (Phi) is 4.61. The van der Waals surface area contributed by atoms with E-state index in [9.17, 15) is 9.18 Å². The maximum Gasteiger partial charge on any atom is 0.254 e. The van der Waals surface area contributed by atoms with Crippen LogP contribution in [0.25, 0.3) is 10.9 Å². The summed E-state index contributed by atoms with van der Waals surface area (Å²) in [6.45, 7) is 9.13. The number of hydrogen-bond donors (Lipinski definition) is 1. The number of rotatable bonds is 5. The zero-order valence-electron chi connectivity index (χ0n) is 12.8. The van der Waals surface area contributed by atoms with E-state index in [1.807, 2.05) is 32.2 Å². The molecule has 3 nitrogen and oxygen atoms in total. The van der Waals surface area contributed by atoms with Crippen molar-refractivity contribution >= 4 is 16.8 Å². The van der Waals surface area contributed by atoms with Crippen LogP contribution in [-0.4, -0.2) is 10.5 Å². The van der Waals surface area contributed by atoms with E-state index in [-0.39, 0.29) is 5.57 Å². The standard InChI is InChI=1S/C18H19FN2O/c1-5-15(16(19)6-2)18(22)20-11-13-7-8-17-14(10-13)9-12(3)21(17)4/h5-10H,1-2,11H2,3-4H3,(H,20,22)/b16-15-. The van der Waals surface area contributed by atoms with Crippen molar-refractivity contribution in [3.63, 3.8) is 0 Å². The molecule has 0 aliphatic rings. The van der Waals surface area contributed by atoms with Gasteiger partial charge in [-0.3, -0.25) is 4.79 Å². The van der Waals surface area contributed by atoms with Crippen molar-refractivity contribution in [2.24, 2.45) is 7.05 Å². The first-order chi connectivity index (χ1) is 10.5. The Bertz CT molecular complexity index is 784. The van der Waals surface area contributed by atoms with Crippen LogP contribution in [0, 0.1) is 6.92 Å². The van der Waals surface area contributed by atoms with Crippen molar-refractivity contribution in [1.82, 2.24) is 9.88 Å². The summed E-state index contributed by atoms with van der Waals surface area (Å²) in [5.74, 6) is -1.18. The molecule has 0 saturated heterocycles. The van der Waals surface area contributed by atoms with Crippen LogP contribution in [0.1, 0.15) is 11.3 Å². The van der Waals surface area contributed by atoms with Gasteiger partial charge in [0.05, 0.1) is 5.57 Å². The minimum Gasteiger partial charge on any atom is -0.348 e. The minimum absolute atomic E-state index is 0.105. The van der Waals surface area contributed by atoms with Crippen LogP contribution in [0.4, 0.5) is 4.39 Å². The molecule has 4 heteroatoms. The highest BCUT2D eigenvalue weighted by atomic mass is 19.1. The Hall–Kier alpha value is -2.62. The van der Waals surface area contributed by atoms with Gasteiger partial charge in [0.1, 0.15) is 5.83 Å². The predicted molar refractivity (Wildman–Crippen MR) is 88.0 cm³/mol. The van der Waals surface area contributed by atoms with Crippen molar-refractivity contribution in [3.8, 4) is 0 Å². The van der Waals surface area contributed by atoms with E-state index >= 15 is 0 Å². The number of aromatic nitrogens is 1. The van der Waals surface area contributed by atoms with Crippen molar-refractivity contribution in [2.75, 3.05) is 0 Å². The maximum absolute atomic E-state index is 13.5. The van der Waals surface area contributed by atoms with Gasteiger partial charge in [-0.05, 0) is 36.8 Å². The number of nitrogens with zero attached hydrogens (tertiary/aromatic N) is 1. The Morgan fingerprint density at radius 1 is 1.32 bits per heavy atom. The molecule has 1 heterocycles. The van der Waals surface area contributed by atoms with E-state index in [4.69, 9.17) is 0 Å². The molecule has 0 radical (unpaired) electrons. The summed E-state index contributed by atoms with van der Waals surface area (Å²) >= 11 is 0. The molecule has 2 aromatic rings. The van der Waals surface area contributed by atoms with Gasteiger partial charge in [-0.1, -0.05) is 25.3 Å². The third-order valence-electron chi connectivity index (χ3n) is 3.69. The Morgan fingerprint density at radius 3 is 2.68 bits per heavy atom. The molecule has 0 atom stereocenters. The molecule has 0 aliphatic heterocycles. The van der Waals surface area contributed by atoms with Crippen LogP contribution >= 0.6 is 0 Å². The third kappa shape index (κ3) is 3.01. The number of hydrogen-bond acceptors (Lipinski definition) is 1. The zero-order valence-corrected chi connectivity index (χ0v) is 12.8. The largest absolute Gasteiger partial charge is 0.348 e. The summed E-state index contributed by atoms with van der Waals surface area (Å²) in [4.78, 5) is 11.9. The summed E-state index contributed by atoms with van der Waals surface area (Å²) in [6, 6.07) is 8.07. The third-order valence-corrected chi connectivity index (χ3v) is 3.69. The van der Waals surface area contributed by atoms with Gasteiger partial charge in [0.2, 0.25) is 0 Å². The lowest BCUT2D eigenvalue weighted by Gasteiger charge is -2.07. The minimum atomic E-state index is -0.679. The average Bonchev–Trinajstić information content (AvgIpc) is 2.80. The van der Waals surface area contributed by atoms with Gasteiger partial charge in [0, 0.05) is 30.2 Å². The second-order valence-corrected chi connectivity index (χ2v) is 5.09. The molecule has 2 rings (SSSR count). The number of carbonyl (C=O) groups excluding carboxylic acids is 1. The lowest BCUT2D eigenvalue weighted by molar-refractivity contribution is -0.117. The molecule has 0 spiro atoms. The Balaban J connectivity index is 2.16. The van der Waals surface area contributed by atoms with Gasteiger partial charge >= 0.3 is 0 Å². The maximum atomic E-state index is 13.5. The Labute approximate surface area is 129 Å². The van der Waals surface area contributed by atoms with Crippen LogP contribution in [0.5, 0.6) is 0 Å². The number of allylic oxidation sites excluding steroid dienone is 2. The highest BCUT2D eigenvalue weighted by Gasteiger charge is 2.11. The fourth-order valence-corrected chi connectivity index (χ4v) is 2.33. The second kappa shape index (κ2) is 6.43. The van der Waals surface area contributed by atoms with Crippen LogP contribution in [0.15, 0.2) is 61.0 Å². The average molecular weight is 298 g/mol. The second-order valence-electron chi connectivity index (χ2n) is 5.09. The monoisotopic (exact) mass is 298 g/mol. The van der Waals surface area contributed by atoms with Gasteiger partial charge in [-0.25, -0.2) is 4.39 Å². The van der Waals surface area contributed by atoms with Gasteiger partial charge < -0.3 is 9.88 Å².